The molecular formula is C18H19FN4O4. The van der Waals surface area contributed by atoms with Crippen LogP contribution in [0.2, 0.25) is 0 Å². The van der Waals surface area contributed by atoms with Crippen LogP contribution >= 0.6 is 0 Å². The van der Waals surface area contributed by atoms with Crippen molar-refractivity contribution in [3.8, 4) is 5.69 Å². The van der Waals surface area contributed by atoms with E-state index in [1.165, 1.54) is 26.1 Å². The number of ether oxygens (including phenoxy) is 1. The maximum atomic E-state index is 13.2. The quantitative estimate of drug-likeness (QED) is 0.790. The molecule has 1 aliphatic carbocycles. The highest BCUT2D eigenvalue weighted by molar-refractivity contribution is 5.98. The molecular weight excluding hydrogens is 355 g/mol. The molecule has 1 atom stereocenters. The van der Waals surface area contributed by atoms with Crippen LogP contribution in [0.1, 0.15) is 35.1 Å². The number of halogens is 1. The van der Waals surface area contributed by atoms with Crippen molar-refractivity contribution in [2.75, 3.05) is 7.05 Å². The van der Waals surface area contributed by atoms with E-state index in [0.29, 0.717) is 12.1 Å². The molecule has 1 aliphatic rings. The number of hydrogen-bond acceptors (Lipinski definition) is 5. The lowest BCUT2D eigenvalue weighted by Gasteiger charge is -2.12. The van der Waals surface area contributed by atoms with Crippen molar-refractivity contribution in [2.24, 2.45) is 0 Å². The summed E-state index contributed by atoms with van der Waals surface area (Å²) in [5.74, 6) is -1.84. The number of carbonyl (C=O) groups excluding carboxylic acids is 3. The lowest BCUT2D eigenvalue weighted by molar-refractivity contribution is -0.127. The summed E-state index contributed by atoms with van der Waals surface area (Å²) >= 11 is 0. The number of nitrogens with zero attached hydrogens (tertiary/aromatic N) is 2. The Bertz CT molecular complexity index is 892. The number of rotatable bonds is 4. The number of carbonyl (C=O) groups is 3. The largest absolute Gasteiger partial charge is 0.448 e. The van der Waals surface area contributed by atoms with Crippen LogP contribution in [0.3, 0.4) is 0 Å². The Morgan fingerprint density at radius 1 is 1.22 bits per heavy atom. The van der Waals surface area contributed by atoms with Gasteiger partial charge in [0, 0.05) is 18.3 Å². The Morgan fingerprint density at radius 3 is 2.59 bits per heavy atom. The summed E-state index contributed by atoms with van der Waals surface area (Å²) in [5.41, 5.74) is 2.41. The first kappa shape index (κ1) is 18.6. The maximum Gasteiger partial charge on any atom is 0.359 e. The molecule has 0 spiro atoms. The van der Waals surface area contributed by atoms with Gasteiger partial charge in [0.1, 0.15) is 5.82 Å². The molecule has 3 amide bonds. The van der Waals surface area contributed by atoms with Gasteiger partial charge in [0.05, 0.1) is 5.69 Å². The summed E-state index contributed by atoms with van der Waals surface area (Å²) in [4.78, 5) is 35.6. The van der Waals surface area contributed by atoms with E-state index in [2.05, 4.69) is 10.4 Å². The topological polar surface area (TPSA) is 102 Å². The van der Waals surface area contributed by atoms with Crippen molar-refractivity contribution in [1.29, 1.82) is 0 Å². The normalized spacial score (nSPS) is 13.6. The number of imide groups is 1. The summed E-state index contributed by atoms with van der Waals surface area (Å²) in [6.45, 7) is 1.37. The third-order valence-electron chi connectivity index (χ3n) is 4.31. The average molecular weight is 374 g/mol. The lowest BCUT2D eigenvalue weighted by Crippen LogP contribution is -2.43. The van der Waals surface area contributed by atoms with Crippen LogP contribution in [0.15, 0.2) is 24.3 Å². The van der Waals surface area contributed by atoms with E-state index in [1.807, 2.05) is 5.32 Å². The molecule has 2 N–H and O–H groups in total. The van der Waals surface area contributed by atoms with Crippen molar-refractivity contribution in [1.82, 2.24) is 20.4 Å². The minimum absolute atomic E-state index is 0.131. The summed E-state index contributed by atoms with van der Waals surface area (Å²) in [6.07, 6.45) is 1.10. The van der Waals surface area contributed by atoms with Gasteiger partial charge in [0.15, 0.2) is 11.8 Å². The van der Waals surface area contributed by atoms with Gasteiger partial charge in [-0.15, -0.1) is 0 Å². The minimum Gasteiger partial charge on any atom is -0.448 e. The Kier molecular flexibility index (Phi) is 5.20. The summed E-state index contributed by atoms with van der Waals surface area (Å²) < 4.78 is 20.0. The van der Waals surface area contributed by atoms with Crippen LogP contribution < -0.4 is 10.6 Å². The fraction of sp³-hybridized carbons (Fsp3) is 0.333. The van der Waals surface area contributed by atoms with Gasteiger partial charge in [-0.1, -0.05) is 0 Å². The average Bonchev–Trinajstić information content (AvgIpc) is 3.24. The first-order valence-corrected chi connectivity index (χ1v) is 8.51. The Balaban J connectivity index is 1.81. The third kappa shape index (κ3) is 3.81. The fourth-order valence-electron chi connectivity index (χ4n) is 2.94. The van der Waals surface area contributed by atoms with E-state index in [4.69, 9.17) is 4.74 Å². The summed E-state index contributed by atoms with van der Waals surface area (Å²) in [6, 6.07) is 5.11. The minimum atomic E-state index is -1.16. The molecule has 0 fully saturated rings. The zero-order valence-electron chi connectivity index (χ0n) is 14.9. The van der Waals surface area contributed by atoms with Crippen LogP contribution in [0, 0.1) is 5.82 Å². The first-order valence-electron chi connectivity index (χ1n) is 8.51. The number of aromatic nitrogens is 2. The van der Waals surface area contributed by atoms with Gasteiger partial charge in [-0.3, -0.25) is 10.1 Å². The number of nitrogens with one attached hydrogen (secondary N) is 2. The van der Waals surface area contributed by atoms with Crippen molar-refractivity contribution in [3.63, 3.8) is 0 Å². The smallest absolute Gasteiger partial charge is 0.359 e. The molecule has 0 aliphatic heterocycles. The van der Waals surface area contributed by atoms with E-state index >= 15 is 0 Å². The zero-order chi connectivity index (χ0) is 19.6. The fourth-order valence-corrected chi connectivity index (χ4v) is 2.94. The number of hydrogen-bond donors (Lipinski definition) is 2. The van der Waals surface area contributed by atoms with Crippen LogP contribution in [-0.2, 0) is 22.4 Å². The molecule has 1 heterocycles. The van der Waals surface area contributed by atoms with Crippen molar-refractivity contribution in [2.45, 2.75) is 32.3 Å². The zero-order valence-corrected chi connectivity index (χ0v) is 14.9. The van der Waals surface area contributed by atoms with Crippen LogP contribution in [0.4, 0.5) is 9.18 Å². The Labute approximate surface area is 154 Å². The molecule has 0 unspecified atom stereocenters. The van der Waals surface area contributed by atoms with Gasteiger partial charge in [-0.25, -0.2) is 18.7 Å². The number of esters is 1. The predicted octanol–water partition coefficient (Wildman–Crippen LogP) is 1.50. The van der Waals surface area contributed by atoms with Crippen molar-refractivity contribution < 1.29 is 23.5 Å². The number of amides is 3. The van der Waals surface area contributed by atoms with E-state index < -0.39 is 24.0 Å². The van der Waals surface area contributed by atoms with Gasteiger partial charge < -0.3 is 10.1 Å². The highest BCUT2D eigenvalue weighted by atomic mass is 19.1. The van der Waals surface area contributed by atoms with Crippen molar-refractivity contribution in [3.05, 3.63) is 47.0 Å². The monoisotopic (exact) mass is 374 g/mol. The molecule has 9 heteroatoms. The molecule has 27 heavy (non-hydrogen) atoms. The molecule has 1 aromatic carbocycles. The van der Waals surface area contributed by atoms with Crippen LogP contribution in [0.25, 0.3) is 5.69 Å². The number of urea groups is 1. The lowest BCUT2D eigenvalue weighted by atomic mass is 10.2. The molecule has 142 valence electrons. The predicted molar refractivity (Wildman–Crippen MR) is 93.0 cm³/mol. The molecule has 2 aromatic rings. The summed E-state index contributed by atoms with van der Waals surface area (Å²) in [5, 5.41) is 8.62. The molecule has 8 nitrogen and oxygen atoms in total. The summed E-state index contributed by atoms with van der Waals surface area (Å²) in [7, 11) is 1.37. The van der Waals surface area contributed by atoms with Gasteiger partial charge in [-0.2, -0.15) is 5.10 Å². The van der Waals surface area contributed by atoms with E-state index in [0.717, 1.165) is 24.1 Å². The SMILES string of the molecule is CNC(=O)NC(=O)[C@@H](C)OC(=O)c1nn(-c2ccc(F)cc2)c2c1CCC2. The van der Waals surface area contributed by atoms with Gasteiger partial charge >= 0.3 is 12.0 Å². The van der Waals surface area contributed by atoms with Gasteiger partial charge in [0.25, 0.3) is 5.91 Å². The van der Waals surface area contributed by atoms with E-state index in [-0.39, 0.29) is 11.5 Å². The van der Waals surface area contributed by atoms with Crippen LogP contribution in [-0.4, -0.2) is 40.8 Å². The van der Waals surface area contributed by atoms with Crippen LogP contribution in [0.5, 0.6) is 0 Å². The van der Waals surface area contributed by atoms with Gasteiger partial charge in [0.2, 0.25) is 0 Å². The van der Waals surface area contributed by atoms with Gasteiger partial charge in [-0.05, 0) is 50.5 Å². The maximum absolute atomic E-state index is 13.2. The standard InChI is InChI=1S/C18H19FN4O4/c1-10(16(24)21-18(26)20-2)27-17(25)15-13-4-3-5-14(13)23(22-15)12-8-6-11(19)7-9-12/h6-10H,3-5H2,1-2H3,(H2,20,21,24,26)/t10-/m1/s1. The first-order chi connectivity index (χ1) is 12.9. The molecule has 0 saturated carbocycles. The molecule has 0 radical (unpaired) electrons. The molecule has 1 aromatic heterocycles. The number of benzene rings is 1. The van der Waals surface area contributed by atoms with Crippen molar-refractivity contribution >= 4 is 17.9 Å². The Morgan fingerprint density at radius 2 is 1.93 bits per heavy atom. The van der Waals surface area contributed by atoms with E-state index in [9.17, 15) is 18.8 Å². The second kappa shape index (κ2) is 7.56. The molecule has 0 bridgehead atoms. The second-order valence-electron chi connectivity index (χ2n) is 6.13. The second-order valence-corrected chi connectivity index (χ2v) is 6.13. The van der Waals surface area contributed by atoms with E-state index in [1.54, 1.807) is 16.8 Å². The molecule has 3 rings (SSSR count). The Hall–Kier alpha value is -3.23. The molecule has 0 saturated heterocycles. The third-order valence-corrected chi connectivity index (χ3v) is 4.31. The number of fused-ring (bicyclic) bond motifs is 1. The highest BCUT2D eigenvalue weighted by Crippen LogP contribution is 2.28. The highest BCUT2D eigenvalue weighted by Gasteiger charge is 2.30.